The molecule has 0 aromatic carbocycles. The Labute approximate surface area is 66.4 Å². The monoisotopic (exact) mass is 166 g/mol. The van der Waals surface area contributed by atoms with Gasteiger partial charge in [0.1, 0.15) is 0 Å². The Morgan fingerprint density at radius 1 is 1.45 bits per heavy atom. The lowest BCUT2D eigenvalue weighted by molar-refractivity contribution is 1.39. The number of hydrogen-bond acceptors (Lipinski definition) is 1. The van der Waals surface area contributed by atoms with Gasteiger partial charge in [0.25, 0.3) is 0 Å². The van der Waals surface area contributed by atoms with E-state index in [4.69, 9.17) is 0 Å². The van der Waals surface area contributed by atoms with Crippen LogP contribution in [0.4, 0.5) is 0 Å². The van der Waals surface area contributed by atoms with Crippen molar-refractivity contribution in [3.8, 4) is 0 Å². The maximum Gasteiger partial charge on any atom is 0.0488 e. The predicted molar refractivity (Wildman–Crippen MR) is 52.3 cm³/mol. The standard InChI is InChI=1S/C8H11N2P/c1-11(2)6-8-7(5-10-11)3-4-9-8/h3-6,9H,1-2H3. The number of fused-ring (bicyclic) bond motifs is 1. The zero-order valence-corrected chi connectivity index (χ0v) is 7.60. The number of nitrogens with one attached hydrogen (secondary N) is 1. The number of hydrogen-bond donors (Lipinski definition) is 1. The van der Waals surface area contributed by atoms with Crippen molar-refractivity contribution in [2.75, 3.05) is 13.3 Å². The van der Waals surface area contributed by atoms with Crippen LogP contribution in [-0.4, -0.2) is 30.3 Å². The third-order valence-electron chi connectivity index (χ3n) is 1.75. The van der Waals surface area contributed by atoms with E-state index in [9.17, 15) is 0 Å². The van der Waals surface area contributed by atoms with E-state index in [1.807, 2.05) is 12.4 Å². The van der Waals surface area contributed by atoms with Crippen molar-refractivity contribution in [1.82, 2.24) is 4.98 Å². The SMILES string of the molecule is CP1(C)=Cc2[nH]ccc2C=N1. The molecule has 0 unspecified atom stereocenters. The minimum Gasteiger partial charge on any atom is -0.361 e. The first-order chi connectivity index (χ1) is 5.17. The molecule has 2 rings (SSSR count). The second-order valence-electron chi connectivity index (χ2n) is 3.20. The Bertz CT molecular complexity index is 354. The van der Waals surface area contributed by atoms with E-state index in [0.717, 1.165) is 0 Å². The number of aromatic amines is 1. The average Bonchev–Trinajstić information content (AvgIpc) is 2.31. The molecule has 1 aliphatic rings. The van der Waals surface area contributed by atoms with Gasteiger partial charge in [0, 0.05) is 23.7 Å². The Morgan fingerprint density at radius 3 is 3.09 bits per heavy atom. The maximum atomic E-state index is 4.49. The molecule has 1 aromatic heterocycles. The van der Waals surface area contributed by atoms with Crippen molar-refractivity contribution in [2.24, 2.45) is 4.76 Å². The molecule has 0 radical (unpaired) electrons. The first-order valence-corrected chi connectivity index (χ1v) is 6.30. The van der Waals surface area contributed by atoms with Crippen LogP contribution in [0.5, 0.6) is 0 Å². The van der Waals surface area contributed by atoms with E-state index in [0.29, 0.717) is 0 Å². The summed E-state index contributed by atoms with van der Waals surface area (Å²) in [7, 11) is -1.12. The van der Waals surface area contributed by atoms with Crippen LogP contribution in [-0.2, 0) is 0 Å². The first kappa shape index (κ1) is 6.93. The number of aromatic nitrogens is 1. The molecule has 1 N–H and O–H groups in total. The van der Waals surface area contributed by atoms with Crippen LogP contribution in [0.2, 0.25) is 0 Å². The van der Waals surface area contributed by atoms with Crippen LogP contribution in [0, 0.1) is 0 Å². The van der Waals surface area contributed by atoms with Crippen LogP contribution >= 0.6 is 7.04 Å². The summed E-state index contributed by atoms with van der Waals surface area (Å²) in [4.78, 5) is 3.19. The fourth-order valence-corrected chi connectivity index (χ4v) is 2.52. The van der Waals surface area contributed by atoms with Crippen LogP contribution in [0.15, 0.2) is 17.0 Å². The highest BCUT2D eigenvalue weighted by Crippen LogP contribution is 2.42. The van der Waals surface area contributed by atoms with Gasteiger partial charge in [-0.2, -0.15) is 0 Å². The third-order valence-corrected chi connectivity index (χ3v) is 3.35. The van der Waals surface area contributed by atoms with Crippen LogP contribution in [0.25, 0.3) is 0 Å². The van der Waals surface area contributed by atoms with Gasteiger partial charge < -0.3 is 4.98 Å². The minimum absolute atomic E-state index is 1.12. The van der Waals surface area contributed by atoms with Crippen molar-refractivity contribution in [3.05, 3.63) is 23.5 Å². The summed E-state index contributed by atoms with van der Waals surface area (Å²) < 4.78 is 4.49. The van der Waals surface area contributed by atoms with Crippen LogP contribution in [0.3, 0.4) is 0 Å². The lowest BCUT2D eigenvalue weighted by Crippen LogP contribution is -1.95. The zero-order chi connectivity index (χ0) is 7.90. The lowest BCUT2D eigenvalue weighted by Gasteiger charge is -2.12. The molecule has 1 aromatic rings. The molecule has 11 heavy (non-hydrogen) atoms. The maximum absolute atomic E-state index is 4.49. The average molecular weight is 166 g/mol. The molecule has 0 bridgehead atoms. The van der Waals surface area contributed by atoms with Crippen molar-refractivity contribution in [1.29, 1.82) is 0 Å². The molecule has 2 heterocycles. The Morgan fingerprint density at radius 2 is 2.27 bits per heavy atom. The normalized spacial score (nSPS) is 19.1. The van der Waals surface area contributed by atoms with E-state index in [1.54, 1.807) is 0 Å². The number of rotatable bonds is 0. The molecule has 0 spiro atoms. The van der Waals surface area contributed by atoms with E-state index in [1.165, 1.54) is 11.3 Å². The molecule has 0 atom stereocenters. The van der Waals surface area contributed by atoms with Crippen molar-refractivity contribution >= 4 is 19.0 Å². The van der Waals surface area contributed by atoms with Gasteiger partial charge in [-0.15, -0.1) is 0 Å². The molecule has 0 saturated carbocycles. The van der Waals surface area contributed by atoms with E-state index in [2.05, 4.69) is 34.9 Å². The second kappa shape index (κ2) is 2.12. The summed E-state index contributed by atoms with van der Waals surface area (Å²) >= 11 is 0. The molecule has 0 fully saturated rings. The summed E-state index contributed by atoms with van der Waals surface area (Å²) in [5, 5.41) is 0. The van der Waals surface area contributed by atoms with Crippen molar-refractivity contribution in [3.63, 3.8) is 0 Å². The Balaban J connectivity index is 2.65. The summed E-state index contributed by atoms with van der Waals surface area (Å²) in [6.07, 6.45) is 3.93. The fraction of sp³-hybridized carbons (Fsp3) is 0.250. The topological polar surface area (TPSA) is 28.1 Å². The summed E-state index contributed by atoms with van der Waals surface area (Å²) in [5.41, 5.74) is 2.45. The summed E-state index contributed by atoms with van der Waals surface area (Å²) in [5.74, 6) is 2.25. The molecule has 2 nitrogen and oxygen atoms in total. The number of nitrogens with zero attached hydrogens (tertiary/aromatic N) is 1. The van der Waals surface area contributed by atoms with Crippen LogP contribution < -0.4 is 0 Å². The van der Waals surface area contributed by atoms with E-state index < -0.39 is 7.04 Å². The van der Waals surface area contributed by atoms with Crippen molar-refractivity contribution in [2.45, 2.75) is 0 Å². The van der Waals surface area contributed by atoms with Gasteiger partial charge in [-0.25, -0.2) is 0 Å². The Kier molecular flexibility index (Phi) is 1.33. The zero-order valence-electron chi connectivity index (χ0n) is 6.70. The largest absolute Gasteiger partial charge is 0.361 e. The van der Waals surface area contributed by atoms with Gasteiger partial charge in [0.05, 0.1) is 0 Å². The minimum atomic E-state index is -1.12. The molecule has 58 valence electrons. The fourth-order valence-electron chi connectivity index (χ4n) is 1.18. The quantitative estimate of drug-likeness (QED) is 0.569. The van der Waals surface area contributed by atoms with Gasteiger partial charge >= 0.3 is 0 Å². The molecule has 1 aliphatic heterocycles. The smallest absolute Gasteiger partial charge is 0.0488 e. The molecule has 3 heteroatoms. The van der Waals surface area contributed by atoms with Gasteiger partial charge in [0.2, 0.25) is 0 Å². The van der Waals surface area contributed by atoms with Gasteiger partial charge in [0.15, 0.2) is 0 Å². The summed E-state index contributed by atoms with van der Waals surface area (Å²) in [6.45, 7) is 4.40. The predicted octanol–water partition coefficient (Wildman–Crippen LogP) is 1.79. The molecular weight excluding hydrogens is 155 g/mol. The third kappa shape index (κ3) is 1.19. The lowest BCUT2D eigenvalue weighted by atomic mass is 10.3. The molecule has 0 aliphatic carbocycles. The summed E-state index contributed by atoms with van der Waals surface area (Å²) in [6, 6.07) is 2.05. The van der Waals surface area contributed by atoms with Crippen molar-refractivity contribution < 1.29 is 0 Å². The van der Waals surface area contributed by atoms with Gasteiger partial charge in [-0.1, -0.05) is 0 Å². The van der Waals surface area contributed by atoms with E-state index >= 15 is 0 Å². The van der Waals surface area contributed by atoms with Gasteiger partial charge in [-0.05, 0) is 32.2 Å². The van der Waals surface area contributed by atoms with E-state index in [-0.39, 0.29) is 0 Å². The highest BCUT2D eigenvalue weighted by Gasteiger charge is 2.08. The molecule has 0 amide bonds. The number of H-pyrrole nitrogens is 1. The highest BCUT2D eigenvalue weighted by molar-refractivity contribution is 7.72. The molecule has 0 saturated heterocycles. The van der Waals surface area contributed by atoms with Gasteiger partial charge in [-0.3, -0.25) is 4.76 Å². The first-order valence-electron chi connectivity index (χ1n) is 3.60. The highest BCUT2D eigenvalue weighted by atomic mass is 31.2. The Hall–Kier alpha value is -0.750. The van der Waals surface area contributed by atoms with Crippen LogP contribution in [0.1, 0.15) is 11.3 Å². The second-order valence-corrected chi connectivity index (χ2v) is 6.65. The molecular formula is C8H11N2P.